The van der Waals surface area contributed by atoms with Crippen molar-refractivity contribution in [1.29, 1.82) is 0 Å². The molecule has 0 amide bonds. The third-order valence-corrected chi connectivity index (χ3v) is 4.31. The van der Waals surface area contributed by atoms with Crippen LogP contribution >= 0.6 is 0 Å². The Labute approximate surface area is 155 Å². The van der Waals surface area contributed by atoms with Crippen LogP contribution in [0.1, 0.15) is 5.56 Å². The van der Waals surface area contributed by atoms with Gasteiger partial charge in [-0.15, -0.1) is 0 Å². The minimum atomic E-state index is -0.877. The molecule has 1 atom stereocenters. The highest BCUT2D eigenvalue weighted by atomic mass is 16.5. The molecular weight excluding hydrogens is 350 g/mol. The first-order chi connectivity index (χ1) is 12.8. The number of fused-ring (bicyclic) bond motifs is 1. The number of aromatic amines is 1. The molecule has 2 heterocycles. The Bertz CT molecular complexity index is 1080. The lowest BCUT2D eigenvalue weighted by Crippen LogP contribution is -2.31. The normalized spacial score (nSPS) is 12.3. The molecule has 3 rings (SSSR count). The lowest BCUT2D eigenvalue weighted by Gasteiger charge is -2.18. The molecule has 144 valence electrons. The van der Waals surface area contributed by atoms with Gasteiger partial charge in [-0.3, -0.25) is 14.3 Å². The molecule has 3 aromatic rings. The van der Waals surface area contributed by atoms with Crippen LogP contribution in [0.3, 0.4) is 0 Å². The number of anilines is 1. The van der Waals surface area contributed by atoms with Crippen molar-refractivity contribution in [3.8, 4) is 5.75 Å². The van der Waals surface area contributed by atoms with Gasteiger partial charge in [-0.05, 0) is 18.6 Å². The summed E-state index contributed by atoms with van der Waals surface area (Å²) in [5, 5.41) is 10.5. The van der Waals surface area contributed by atoms with E-state index in [0.29, 0.717) is 11.7 Å². The number of nitrogens with one attached hydrogen (secondary N) is 1. The number of nitrogens with zero attached hydrogens (tertiary/aromatic N) is 4. The van der Waals surface area contributed by atoms with Gasteiger partial charge in [-0.2, -0.15) is 4.98 Å². The van der Waals surface area contributed by atoms with E-state index in [1.54, 1.807) is 23.6 Å². The predicted molar refractivity (Wildman–Crippen MR) is 103 cm³/mol. The number of aliphatic hydroxyl groups is 1. The highest BCUT2D eigenvalue weighted by molar-refractivity contribution is 5.74. The summed E-state index contributed by atoms with van der Waals surface area (Å²) in [6.07, 6.45) is -0.877. The molecule has 0 radical (unpaired) electrons. The zero-order chi connectivity index (χ0) is 19.7. The molecule has 0 aliphatic rings. The molecule has 0 saturated carbocycles. The van der Waals surface area contributed by atoms with Crippen molar-refractivity contribution in [3.05, 3.63) is 50.7 Å². The first kappa shape index (κ1) is 18.7. The van der Waals surface area contributed by atoms with Crippen molar-refractivity contribution in [2.75, 3.05) is 25.6 Å². The van der Waals surface area contributed by atoms with Crippen LogP contribution in [0.25, 0.3) is 11.2 Å². The Morgan fingerprint density at radius 2 is 2.00 bits per heavy atom. The Morgan fingerprint density at radius 1 is 1.30 bits per heavy atom. The van der Waals surface area contributed by atoms with Gasteiger partial charge in [0.25, 0.3) is 5.56 Å². The van der Waals surface area contributed by atoms with E-state index in [2.05, 4.69) is 9.97 Å². The second-order valence-corrected chi connectivity index (χ2v) is 6.64. The highest BCUT2D eigenvalue weighted by Crippen LogP contribution is 2.19. The van der Waals surface area contributed by atoms with E-state index in [9.17, 15) is 14.7 Å². The van der Waals surface area contributed by atoms with Crippen LogP contribution in [0.2, 0.25) is 0 Å². The number of rotatable bonds is 6. The zero-order valence-corrected chi connectivity index (χ0v) is 15.8. The molecule has 0 fully saturated rings. The van der Waals surface area contributed by atoms with E-state index >= 15 is 0 Å². The van der Waals surface area contributed by atoms with Crippen molar-refractivity contribution in [3.63, 3.8) is 0 Å². The summed E-state index contributed by atoms with van der Waals surface area (Å²) in [4.78, 5) is 32.6. The van der Waals surface area contributed by atoms with Crippen LogP contribution < -0.4 is 20.9 Å². The second kappa shape index (κ2) is 7.28. The van der Waals surface area contributed by atoms with Gasteiger partial charge in [0, 0.05) is 21.1 Å². The predicted octanol–water partition coefficient (Wildman–Crippen LogP) is 0.238. The molecule has 9 heteroatoms. The topological polar surface area (TPSA) is 105 Å². The molecule has 9 nitrogen and oxygen atoms in total. The number of hydrogen-bond donors (Lipinski definition) is 2. The molecular formula is C18H23N5O4. The summed E-state index contributed by atoms with van der Waals surface area (Å²) in [6, 6.07) is 7.54. The molecule has 27 heavy (non-hydrogen) atoms. The van der Waals surface area contributed by atoms with Crippen LogP contribution in [0.5, 0.6) is 5.75 Å². The van der Waals surface area contributed by atoms with Gasteiger partial charge in [0.2, 0.25) is 5.95 Å². The van der Waals surface area contributed by atoms with Crippen LogP contribution in [0, 0.1) is 6.92 Å². The Morgan fingerprint density at radius 3 is 2.67 bits per heavy atom. The van der Waals surface area contributed by atoms with E-state index in [0.717, 1.165) is 5.56 Å². The average Bonchev–Trinajstić information content (AvgIpc) is 2.99. The fourth-order valence-corrected chi connectivity index (χ4v) is 2.91. The van der Waals surface area contributed by atoms with E-state index in [-0.39, 0.29) is 24.3 Å². The summed E-state index contributed by atoms with van der Waals surface area (Å²) in [5.74, 6) is 1.16. The third-order valence-electron chi connectivity index (χ3n) is 4.31. The number of para-hydroxylation sites is 1. The first-order valence-corrected chi connectivity index (χ1v) is 8.53. The summed E-state index contributed by atoms with van der Waals surface area (Å²) >= 11 is 0. The fourth-order valence-electron chi connectivity index (χ4n) is 2.91. The van der Waals surface area contributed by atoms with Crippen molar-refractivity contribution < 1.29 is 9.84 Å². The number of aliphatic hydroxyl groups excluding tert-OH is 1. The standard InChI is InChI=1S/C18H23N5O4/c1-11-7-5-6-8-13(11)27-10-12(24)9-23-14-15(19-17(23)21(2)3)22(4)18(26)20-16(14)25/h5-8,12,24H,9-10H2,1-4H3,(H,20,25,26)/t12-/m0/s1. The molecule has 0 spiro atoms. The van der Waals surface area contributed by atoms with Crippen molar-refractivity contribution in [2.45, 2.75) is 19.6 Å². The van der Waals surface area contributed by atoms with Crippen LogP contribution in [0.15, 0.2) is 33.9 Å². The average molecular weight is 373 g/mol. The molecule has 0 aliphatic carbocycles. The molecule has 0 saturated heterocycles. The van der Waals surface area contributed by atoms with Crippen LogP contribution in [0.4, 0.5) is 5.95 Å². The number of imidazole rings is 1. The van der Waals surface area contributed by atoms with Gasteiger partial charge in [0.1, 0.15) is 18.5 Å². The zero-order valence-electron chi connectivity index (χ0n) is 15.8. The van der Waals surface area contributed by atoms with E-state index in [4.69, 9.17) is 4.74 Å². The molecule has 0 unspecified atom stereocenters. The Kier molecular flexibility index (Phi) is 5.04. The summed E-state index contributed by atoms with van der Waals surface area (Å²) < 4.78 is 8.57. The fraction of sp³-hybridized carbons (Fsp3) is 0.389. The van der Waals surface area contributed by atoms with Gasteiger partial charge in [0.15, 0.2) is 11.2 Å². The van der Waals surface area contributed by atoms with Crippen LogP contribution in [-0.2, 0) is 13.6 Å². The van der Waals surface area contributed by atoms with Gasteiger partial charge in [-0.1, -0.05) is 18.2 Å². The van der Waals surface area contributed by atoms with E-state index < -0.39 is 17.4 Å². The summed E-state index contributed by atoms with van der Waals surface area (Å²) in [6.45, 7) is 2.08. The SMILES string of the molecule is Cc1ccccc1OC[C@@H](O)Cn1c(N(C)C)nc2c1c(=O)[nH]c(=O)n2C. The van der Waals surface area contributed by atoms with Crippen molar-refractivity contribution >= 4 is 17.1 Å². The first-order valence-electron chi connectivity index (χ1n) is 8.53. The minimum Gasteiger partial charge on any atom is -0.491 e. The lowest BCUT2D eigenvalue weighted by atomic mass is 10.2. The molecule has 0 bridgehead atoms. The number of aryl methyl sites for hydroxylation is 2. The van der Waals surface area contributed by atoms with E-state index in [1.165, 1.54) is 11.6 Å². The maximum absolute atomic E-state index is 12.4. The van der Waals surface area contributed by atoms with Gasteiger partial charge in [-0.25, -0.2) is 4.79 Å². The largest absolute Gasteiger partial charge is 0.491 e. The maximum Gasteiger partial charge on any atom is 0.329 e. The smallest absolute Gasteiger partial charge is 0.329 e. The number of H-pyrrole nitrogens is 1. The quantitative estimate of drug-likeness (QED) is 0.641. The third kappa shape index (κ3) is 3.59. The van der Waals surface area contributed by atoms with Gasteiger partial charge < -0.3 is 19.3 Å². The number of ether oxygens (including phenoxy) is 1. The monoisotopic (exact) mass is 373 g/mol. The molecule has 0 aliphatic heterocycles. The maximum atomic E-state index is 12.4. The number of benzene rings is 1. The minimum absolute atomic E-state index is 0.0566. The number of hydrogen-bond acceptors (Lipinski definition) is 6. The van der Waals surface area contributed by atoms with Gasteiger partial charge >= 0.3 is 5.69 Å². The summed E-state index contributed by atoms with van der Waals surface area (Å²) in [5.41, 5.74) is 0.389. The number of aromatic nitrogens is 4. The second-order valence-electron chi connectivity index (χ2n) is 6.64. The highest BCUT2D eigenvalue weighted by Gasteiger charge is 2.21. The van der Waals surface area contributed by atoms with Crippen LogP contribution in [-0.4, -0.2) is 51.0 Å². The van der Waals surface area contributed by atoms with Crippen molar-refractivity contribution in [2.24, 2.45) is 7.05 Å². The molecule has 2 N–H and O–H groups in total. The molecule has 2 aromatic heterocycles. The lowest BCUT2D eigenvalue weighted by molar-refractivity contribution is 0.0934. The molecule has 1 aromatic carbocycles. The Balaban J connectivity index is 1.92. The summed E-state index contributed by atoms with van der Waals surface area (Å²) in [7, 11) is 5.09. The van der Waals surface area contributed by atoms with Crippen molar-refractivity contribution in [1.82, 2.24) is 19.1 Å². The van der Waals surface area contributed by atoms with E-state index in [1.807, 2.05) is 31.2 Å². The van der Waals surface area contributed by atoms with Gasteiger partial charge in [0.05, 0.1) is 6.54 Å². The Hall–Kier alpha value is -3.07.